The zero-order valence-corrected chi connectivity index (χ0v) is 21.0. The summed E-state index contributed by atoms with van der Waals surface area (Å²) in [4.78, 5) is 39.6. The van der Waals surface area contributed by atoms with E-state index in [4.69, 9.17) is 4.74 Å². The number of nitrogens with one attached hydrogen (secondary N) is 1. The summed E-state index contributed by atoms with van der Waals surface area (Å²) in [5.41, 5.74) is -7.47. The fraction of sp³-hybridized carbons (Fsp3) is 0.276. The molecule has 40 heavy (non-hydrogen) atoms. The zero-order valence-electron chi connectivity index (χ0n) is 21.0. The number of aliphatic hydroxyl groups excluding tert-OH is 2. The van der Waals surface area contributed by atoms with Gasteiger partial charge in [-0.2, -0.15) is 0 Å². The quantitative estimate of drug-likeness (QED) is 0.112. The summed E-state index contributed by atoms with van der Waals surface area (Å²) >= 11 is 0. The van der Waals surface area contributed by atoms with Crippen LogP contribution in [0.5, 0.6) is 11.5 Å². The first-order valence-corrected chi connectivity index (χ1v) is 12.1. The van der Waals surface area contributed by atoms with Crippen molar-refractivity contribution < 1.29 is 49.4 Å². The van der Waals surface area contributed by atoms with Crippen LogP contribution in [0.2, 0.25) is 0 Å². The number of hydrogen-bond acceptors (Lipinski definition) is 11. The Morgan fingerprint density at radius 2 is 1.77 bits per heavy atom. The number of ether oxygens (including phenoxy) is 2. The average molecular weight is 543 g/mol. The smallest absolute Gasteiger partial charge is 0.337 e. The Hall–Kier alpha value is -4.65. The maximum absolute atomic E-state index is 13.8. The van der Waals surface area contributed by atoms with Crippen LogP contribution in [-0.4, -0.2) is 79.6 Å². The van der Waals surface area contributed by atoms with Gasteiger partial charge in [0.15, 0.2) is 35.0 Å². The molecule has 6 rings (SSSR count). The molecule has 11 heteroatoms. The number of ketones is 2. The van der Waals surface area contributed by atoms with Crippen molar-refractivity contribution in [1.82, 2.24) is 0 Å². The number of epoxide rings is 1. The summed E-state index contributed by atoms with van der Waals surface area (Å²) in [7, 11) is 1.01. The first-order chi connectivity index (χ1) is 18.9. The number of carbonyl (C=O) groups excluding carboxylic acids is 3. The highest BCUT2D eigenvalue weighted by molar-refractivity contribution is 6.31. The molecular weight excluding hydrogens is 522 g/mol. The number of phenols is 2. The molecule has 0 spiro atoms. The van der Waals surface area contributed by atoms with E-state index in [1.165, 1.54) is 24.3 Å². The maximum atomic E-state index is 13.8. The molecule has 2 aromatic rings. The molecule has 202 valence electrons. The van der Waals surface area contributed by atoms with Crippen LogP contribution in [-0.2, 0) is 19.9 Å². The molecule has 2 bridgehead atoms. The second-order valence-electron chi connectivity index (χ2n) is 9.99. The molecule has 2 aliphatic heterocycles. The lowest BCUT2D eigenvalue weighted by Gasteiger charge is -2.43. The molecule has 0 amide bonds. The third-order valence-corrected chi connectivity index (χ3v) is 7.97. The number of aromatic hydroxyl groups is 2. The van der Waals surface area contributed by atoms with E-state index in [1.54, 1.807) is 0 Å². The highest BCUT2D eigenvalue weighted by atomic mass is 16.7. The van der Waals surface area contributed by atoms with Gasteiger partial charge in [-0.05, 0) is 43.3 Å². The number of allylic oxidation sites excluding steroid dienone is 2. The second-order valence-corrected chi connectivity index (χ2v) is 9.99. The Kier molecular flexibility index (Phi) is 5.24. The fourth-order valence-electron chi connectivity index (χ4n) is 6.06. The minimum atomic E-state index is -2.49. The summed E-state index contributed by atoms with van der Waals surface area (Å²) in [5.74, 6) is 7.25. The van der Waals surface area contributed by atoms with E-state index in [9.17, 15) is 39.9 Å². The summed E-state index contributed by atoms with van der Waals surface area (Å²) in [6.07, 6.45) is -1.20. The number of aliphatic hydroxyl groups is 3. The van der Waals surface area contributed by atoms with E-state index in [-0.39, 0.29) is 39.3 Å². The van der Waals surface area contributed by atoms with Crippen molar-refractivity contribution in [1.29, 1.82) is 0 Å². The van der Waals surface area contributed by atoms with E-state index >= 15 is 0 Å². The van der Waals surface area contributed by atoms with Gasteiger partial charge in [0.05, 0.1) is 23.9 Å². The number of rotatable bonds is 3. The van der Waals surface area contributed by atoms with Crippen LogP contribution in [0.4, 0.5) is 5.69 Å². The summed E-state index contributed by atoms with van der Waals surface area (Å²) in [5, 5.41) is 58.1. The van der Waals surface area contributed by atoms with E-state index in [2.05, 4.69) is 33.7 Å². The van der Waals surface area contributed by atoms with Crippen LogP contribution < -0.4 is 5.32 Å². The minimum absolute atomic E-state index is 0.0287. The van der Waals surface area contributed by atoms with Gasteiger partial charge < -0.3 is 40.3 Å². The Labute approximate surface area is 226 Å². The molecule has 4 aliphatic rings. The monoisotopic (exact) mass is 543 g/mol. The standard InChI is InChI=1S/C29H21NO10/c1-27(38,25(36)26(37)39-2)29-18-7-5-3-4-6-8-19(33)28(29,40-29)16-12-17(32)20-21(22(16)30-18)24(35)15-11-13(31)9-10-14(15)23(20)34/h3-4,9-12,18-19,25,30-33,36,38H,1-2H3/b4-3-/t18-,19+,25-,27+,28-,29+/m0/s1. The number of methoxy groups -OCH3 is 1. The van der Waals surface area contributed by atoms with Gasteiger partial charge in [-0.15, -0.1) is 0 Å². The third-order valence-electron chi connectivity index (χ3n) is 7.97. The molecule has 1 fully saturated rings. The minimum Gasteiger partial charge on any atom is -0.508 e. The highest BCUT2D eigenvalue weighted by Gasteiger charge is 2.87. The van der Waals surface area contributed by atoms with Crippen molar-refractivity contribution in [2.75, 3.05) is 12.4 Å². The molecule has 6 N–H and O–H groups in total. The normalized spacial score (nSPS) is 29.6. The van der Waals surface area contributed by atoms with Crippen molar-refractivity contribution in [2.24, 2.45) is 0 Å². The van der Waals surface area contributed by atoms with Crippen LogP contribution >= 0.6 is 0 Å². The van der Waals surface area contributed by atoms with Gasteiger partial charge in [-0.1, -0.05) is 23.7 Å². The molecule has 11 nitrogen and oxygen atoms in total. The van der Waals surface area contributed by atoms with Gasteiger partial charge in [0.2, 0.25) is 0 Å². The number of benzene rings is 2. The Bertz CT molecular complexity index is 1720. The molecule has 0 saturated carbocycles. The fourth-order valence-corrected chi connectivity index (χ4v) is 6.06. The van der Waals surface area contributed by atoms with Gasteiger partial charge in [0.25, 0.3) is 0 Å². The lowest BCUT2D eigenvalue weighted by atomic mass is 9.64. The number of carbonyl (C=O) groups is 3. The van der Waals surface area contributed by atoms with Crippen molar-refractivity contribution in [2.45, 2.75) is 42.0 Å². The van der Waals surface area contributed by atoms with Gasteiger partial charge >= 0.3 is 5.97 Å². The number of fused-ring (bicyclic) bond motifs is 4. The Morgan fingerprint density at radius 1 is 1.10 bits per heavy atom. The number of anilines is 1. The van der Waals surface area contributed by atoms with Gasteiger partial charge in [-0.25, -0.2) is 4.79 Å². The first kappa shape index (κ1) is 25.6. The van der Waals surface area contributed by atoms with Gasteiger partial charge in [-0.3, -0.25) is 9.59 Å². The van der Waals surface area contributed by atoms with Crippen molar-refractivity contribution >= 4 is 23.2 Å². The van der Waals surface area contributed by atoms with Crippen molar-refractivity contribution in [3.05, 3.63) is 64.2 Å². The second kappa shape index (κ2) is 8.18. The Morgan fingerprint density at radius 3 is 2.48 bits per heavy atom. The van der Waals surface area contributed by atoms with E-state index < -0.39 is 58.3 Å². The molecule has 0 unspecified atom stereocenters. The maximum Gasteiger partial charge on any atom is 0.337 e. The molecule has 2 aliphatic carbocycles. The number of phenolic OH excluding ortho intramolecular Hbond substituents is 2. The Balaban J connectivity index is 1.67. The highest BCUT2D eigenvalue weighted by Crippen LogP contribution is 2.70. The molecule has 2 heterocycles. The lowest BCUT2D eigenvalue weighted by molar-refractivity contribution is -0.174. The first-order valence-electron chi connectivity index (χ1n) is 12.1. The van der Waals surface area contributed by atoms with Crippen LogP contribution in [0.1, 0.15) is 44.3 Å². The molecule has 0 aromatic heterocycles. The third kappa shape index (κ3) is 2.92. The SMILES string of the molecule is COC(=O)[C@H](O)[C@@](C)(O)[C@@]12O[C@]13c1cc(O)c4c(c1N[C@H]2C#C/C=C\C#C[C@H]3O)C(=O)c1cc(O)ccc1C4=O. The van der Waals surface area contributed by atoms with E-state index in [0.29, 0.717) is 0 Å². The summed E-state index contributed by atoms with van der Waals surface area (Å²) < 4.78 is 10.8. The van der Waals surface area contributed by atoms with Crippen LogP contribution in [0.3, 0.4) is 0 Å². The topological polar surface area (TPSA) is 186 Å². The molecule has 0 radical (unpaired) electrons. The molecule has 2 aromatic carbocycles. The lowest BCUT2D eigenvalue weighted by Crippen LogP contribution is -2.66. The molecule has 6 atom stereocenters. The van der Waals surface area contributed by atoms with Crippen LogP contribution in [0.15, 0.2) is 36.4 Å². The van der Waals surface area contributed by atoms with E-state index in [0.717, 1.165) is 26.2 Å². The molecule has 1 saturated heterocycles. The van der Waals surface area contributed by atoms with Crippen LogP contribution in [0, 0.1) is 23.7 Å². The zero-order chi connectivity index (χ0) is 28.8. The van der Waals surface area contributed by atoms with Crippen molar-refractivity contribution in [3.8, 4) is 35.2 Å². The average Bonchev–Trinajstić information content (AvgIpc) is 3.66. The summed E-state index contributed by atoms with van der Waals surface area (Å²) in [6, 6.07) is 3.44. The number of esters is 1. The largest absolute Gasteiger partial charge is 0.508 e. The van der Waals surface area contributed by atoms with Gasteiger partial charge in [0, 0.05) is 16.7 Å². The van der Waals surface area contributed by atoms with E-state index in [1.807, 2.05) is 0 Å². The summed E-state index contributed by atoms with van der Waals surface area (Å²) in [6.45, 7) is 1.10. The van der Waals surface area contributed by atoms with Gasteiger partial charge in [0.1, 0.15) is 23.1 Å². The molecular formula is C29H21NO10. The van der Waals surface area contributed by atoms with Crippen LogP contribution in [0.25, 0.3) is 0 Å². The van der Waals surface area contributed by atoms with Crippen molar-refractivity contribution in [3.63, 3.8) is 0 Å². The number of hydrogen-bond donors (Lipinski definition) is 6. The predicted octanol–water partition coefficient (Wildman–Crippen LogP) is -0.146. The predicted molar refractivity (Wildman–Crippen MR) is 135 cm³/mol.